The summed E-state index contributed by atoms with van der Waals surface area (Å²) >= 11 is 0. The number of aliphatic hydroxyl groups excluding tert-OH is 1. The fraction of sp³-hybridized carbons (Fsp3) is 0.500. The minimum Gasteiger partial charge on any atom is -0.493 e. The normalized spacial score (nSPS) is 12.5. The van der Waals surface area contributed by atoms with Gasteiger partial charge in [0.15, 0.2) is 0 Å². The van der Waals surface area contributed by atoms with Gasteiger partial charge in [-0.2, -0.15) is 0 Å². The topological polar surface area (TPSA) is 55.5 Å². The number of rotatable bonds is 6. The van der Waals surface area contributed by atoms with Gasteiger partial charge in [-0.3, -0.25) is 0 Å². The van der Waals surface area contributed by atoms with E-state index in [1.807, 2.05) is 18.2 Å². The van der Waals surface area contributed by atoms with Crippen molar-refractivity contribution in [1.29, 1.82) is 0 Å². The van der Waals surface area contributed by atoms with Crippen molar-refractivity contribution in [2.45, 2.75) is 32.4 Å². The molecule has 1 aromatic rings. The van der Waals surface area contributed by atoms with Crippen LogP contribution >= 0.6 is 0 Å². The van der Waals surface area contributed by atoms with Gasteiger partial charge in [0, 0.05) is 18.2 Å². The Bertz CT molecular complexity index is 287. The molecule has 83 valence electrons. The molecule has 3 heteroatoms. The fourth-order valence-corrected chi connectivity index (χ4v) is 1.30. The first-order valence-electron chi connectivity index (χ1n) is 5.24. The quantitative estimate of drug-likeness (QED) is 0.696. The van der Waals surface area contributed by atoms with Crippen molar-refractivity contribution in [3.63, 3.8) is 0 Å². The Morgan fingerprint density at radius 1 is 1.60 bits per heavy atom. The van der Waals surface area contributed by atoms with Crippen LogP contribution < -0.4 is 10.5 Å². The molecule has 15 heavy (non-hydrogen) atoms. The predicted molar refractivity (Wildman–Crippen MR) is 59.6 cm³/mol. The third kappa shape index (κ3) is 4.32. The highest BCUT2D eigenvalue weighted by Gasteiger charge is 2.01. The molecule has 3 N–H and O–H groups in total. The predicted octanol–water partition coefficient (Wildman–Crippen LogP) is 1.49. The molecule has 0 aliphatic heterocycles. The average molecular weight is 208 g/mol. The maximum atomic E-state index is 9.07. The molecule has 0 bridgehead atoms. The van der Waals surface area contributed by atoms with E-state index in [1.54, 1.807) is 6.92 Å². The molecule has 0 heterocycles. The lowest BCUT2D eigenvalue weighted by Crippen LogP contribution is -2.06. The highest BCUT2D eigenvalue weighted by Crippen LogP contribution is 2.16. The Balaban J connectivity index is 2.36. The van der Waals surface area contributed by atoms with Crippen molar-refractivity contribution < 1.29 is 9.84 Å². The zero-order chi connectivity index (χ0) is 11.1. The van der Waals surface area contributed by atoms with Gasteiger partial charge in [-0.25, -0.2) is 0 Å². The van der Waals surface area contributed by atoms with Gasteiger partial charge < -0.3 is 15.6 Å². The summed E-state index contributed by atoms with van der Waals surface area (Å²) in [7, 11) is 0. The van der Waals surface area contributed by atoms with Crippen molar-refractivity contribution >= 4 is 0 Å². The first kappa shape index (κ1) is 12.0. The van der Waals surface area contributed by atoms with Crippen molar-refractivity contribution in [3.05, 3.63) is 29.8 Å². The summed E-state index contributed by atoms with van der Waals surface area (Å²) in [6.07, 6.45) is 1.33. The highest BCUT2D eigenvalue weighted by molar-refractivity contribution is 5.31. The van der Waals surface area contributed by atoms with Crippen LogP contribution in [0.1, 0.15) is 25.3 Å². The molecule has 0 saturated heterocycles. The van der Waals surface area contributed by atoms with Gasteiger partial charge in [0.2, 0.25) is 0 Å². The Kier molecular flexibility index (Phi) is 5.15. The van der Waals surface area contributed by atoms with Crippen LogP contribution in [0.2, 0.25) is 0 Å². The third-order valence-electron chi connectivity index (χ3n) is 2.13. The van der Waals surface area contributed by atoms with Crippen molar-refractivity contribution in [3.8, 4) is 5.75 Å². The lowest BCUT2D eigenvalue weighted by molar-refractivity contribution is 0.170. The summed E-state index contributed by atoms with van der Waals surface area (Å²) in [6, 6.07) is 8.64. The summed E-state index contributed by atoms with van der Waals surface area (Å²) in [5.74, 6) is 0.727. The number of para-hydroxylation sites is 1. The largest absolute Gasteiger partial charge is 0.493 e. The second kappa shape index (κ2) is 6.43. The molecule has 1 atom stereocenters. The molecular weight excluding hydrogens is 190 g/mol. The van der Waals surface area contributed by atoms with Crippen LogP contribution in [0.4, 0.5) is 0 Å². The van der Waals surface area contributed by atoms with Gasteiger partial charge in [-0.1, -0.05) is 18.2 Å². The second-order valence-electron chi connectivity index (χ2n) is 3.57. The van der Waals surface area contributed by atoms with E-state index >= 15 is 0 Å². The van der Waals surface area contributed by atoms with E-state index in [1.165, 1.54) is 0 Å². The molecule has 1 unspecified atom stereocenters. The zero-order valence-electron chi connectivity index (χ0n) is 9.07. The molecule has 0 aliphatic carbocycles. The Morgan fingerprint density at radius 2 is 2.40 bits per heavy atom. The minimum absolute atomic E-state index is 0.262. The molecule has 1 aromatic carbocycles. The number of aliphatic hydroxyl groups is 1. The summed E-state index contributed by atoms with van der Waals surface area (Å²) in [5, 5.41) is 9.07. The monoisotopic (exact) mass is 208 g/mol. The van der Waals surface area contributed by atoms with Crippen LogP contribution in [0.15, 0.2) is 18.2 Å². The van der Waals surface area contributed by atoms with Crippen molar-refractivity contribution in [1.82, 2.24) is 0 Å². The molecule has 0 aromatic heterocycles. The minimum atomic E-state index is -0.262. The summed E-state index contributed by atoms with van der Waals surface area (Å²) < 4.78 is 5.53. The Hall–Kier alpha value is -1.06. The number of nitrogens with two attached hydrogens (primary N) is 1. The van der Waals surface area contributed by atoms with E-state index < -0.39 is 0 Å². The maximum absolute atomic E-state index is 9.07. The first-order chi connectivity index (χ1) is 7.24. The maximum Gasteiger partial charge on any atom is 0.131 e. The third-order valence-corrected chi connectivity index (χ3v) is 2.13. The lowest BCUT2D eigenvalue weighted by atomic mass is 10.2. The smallest absolute Gasteiger partial charge is 0.131 e. The van der Waals surface area contributed by atoms with Crippen LogP contribution in [0.25, 0.3) is 0 Å². The van der Waals surface area contributed by atoms with Crippen LogP contribution in [0, 0.1) is 6.07 Å². The van der Waals surface area contributed by atoms with E-state index in [9.17, 15) is 0 Å². The van der Waals surface area contributed by atoms with Gasteiger partial charge in [0.1, 0.15) is 5.75 Å². The van der Waals surface area contributed by atoms with Gasteiger partial charge in [0.05, 0.1) is 12.7 Å². The molecule has 0 fully saturated rings. The van der Waals surface area contributed by atoms with Gasteiger partial charge in [-0.05, 0) is 19.8 Å². The van der Waals surface area contributed by atoms with Gasteiger partial charge in [0.25, 0.3) is 0 Å². The van der Waals surface area contributed by atoms with Gasteiger partial charge in [-0.15, -0.1) is 0 Å². The molecular formula is C12H18NO2. The fourth-order valence-electron chi connectivity index (χ4n) is 1.30. The molecule has 3 nitrogen and oxygen atoms in total. The van der Waals surface area contributed by atoms with Crippen LogP contribution in [-0.4, -0.2) is 17.8 Å². The van der Waals surface area contributed by atoms with Crippen molar-refractivity contribution in [2.24, 2.45) is 5.73 Å². The Morgan fingerprint density at radius 3 is 3.07 bits per heavy atom. The summed E-state index contributed by atoms with van der Waals surface area (Å²) in [5.41, 5.74) is 6.53. The molecule has 1 rings (SSSR count). The number of hydrogen-bond donors (Lipinski definition) is 2. The molecule has 0 spiro atoms. The molecule has 0 saturated carbocycles. The van der Waals surface area contributed by atoms with Crippen LogP contribution in [0.5, 0.6) is 5.75 Å². The molecule has 0 amide bonds. The highest BCUT2D eigenvalue weighted by atomic mass is 16.5. The van der Waals surface area contributed by atoms with Crippen LogP contribution in [-0.2, 0) is 6.54 Å². The van der Waals surface area contributed by atoms with Gasteiger partial charge >= 0.3 is 0 Å². The van der Waals surface area contributed by atoms with E-state index in [4.69, 9.17) is 15.6 Å². The Labute approximate surface area is 90.9 Å². The molecule has 0 aliphatic rings. The standard InChI is InChI=1S/C12H18NO2/c1-10(14)5-4-8-15-12-7-3-2-6-11(12)9-13/h2-3,6,10,14H,4-5,8-9,13H2,1H3. The number of benzene rings is 1. The SMILES string of the molecule is CC(O)CCCOc1[c]cccc1CN. The van der Waals surface area contributed by atoms with E-state index in [0.717, 1.165) is 24.2 Å². The first-order valence-corrected chi connectivity index (χ1v) is 5.24. The zero-order valence-corrected chi connectivity index (χ0v) is 9.07. The summed E-state index contributed by atoms with van der Waals surface area (Å²) in [4.78, 5) is 0. The van der Waals surface area contributed by atoms with E-state index in [-0.39, 0.29) is 6.10 Å². The number of ether oxygens (including phenoxy) is 1. The number of hydrogen-bond acceptors (Lipinski definition) is 3. The van der Waals surface area contributed by atoms with Crippen molar-refractivity contribution in [2.75, 3.05) is 6.61 Å². The summed E-state index contributed by atoms with van der Waals surface area (Å²) in [6.45, 7) is 2.83. The average Bonchev–Trinajstić information content (AvgIpc) is 2.24. The van der Waals surface area contributed by atoms with E-state index in [2.05, 4.69) is 6.07 Å². The molecule has 1 radical (unpaired) electrons. The second-order valence-corrected chi connectivity index (χ2v) is 3.57. The van der Waals surface area contributed by atoms with Crippen LogP contribution in [0.3, 0.4) is 0 Å². The lowest BCUT2D eigenvalue weighted by Gasteiger charge is -2.10. The van der Waals surface area contributed by atoms with E-state index in [0.29, 0.717) is 13.2 Å².